The van der Waals surface area contributed by atoms with Crippen LogP contribution in [0.5, 0.6) is 0 Å². The summed E-state index contributed by atoms with van der Waals surface area (Å²) >= 11 is 0. The van der Waals surface area contributed by atoms with E-state index in [2.05, 4.69) is 19.0 Å². The molecule has 0 aliphatic carbocycles. The van der Waals surface area contributed by atoms with E-state index in [9.17, 15) is 0 Å². The minimum atomic E-state index is 0.700. The SMILES string of the molecule is CCCCCCCCCCCCCC#COCC. The average Bonchev–Trinajstić information content (AvgIpc) is 2.39. The maximum atomic E-state index is 4.97. The summed E-state index contributed by atoms with van der Waals surface area (Å²) in [4.78, 5) is 0. The van der Waals surface area contributed by atoms with Crippen molar-refractivity contribution < 1.29 is 4.74 Å². The normalized spacial score (nSPS) is 9.89. The summed E-state index contributed by atoms with van der Waals surface area (Å²) in [6.07, 6.45) is 19.0. The molecule has 0 bridgehead atoms. The Morgan fingerprint density at radius 1 is 0.667 bits per heavy atom. The lowest BCUT2D eigenvalue weighted by Crippen LogP contribution is -1.82. The highest BCUT2D eigenvalue weighted by atomic mass is 16.5. The highest BCUT2D eigenvalue weighted by Gasteiger charge is 1.92. The zero-order chi connectivity index (χ0) is 13.3. The van der Waals surface area contributed by atoms with Crippen molar-refractivity contribution in [3.05, 3.63) is 0 Å². The molecule has 0 radical (unpaired) electrons. The molecule has 0 unspecified atom stereocenters. The molecule has 0 atom stereocenters. The minimum Gasteiger partial charge on any atom is -0.447 e. The third-order valence-corrected chi connectivity index (χ3v) is 3.19. The molecule has 1 heteroatoms. The topological polar surface area (TPSA) is 9.23 Å². The molecule has 0 aliphatic rings. The minimum absolute atomic E-state index is 0.700. The fourth-order valence-electron chi connectivity index (χ4n) is 2.05. The summed E-state index contributed by atoms with van der Waals surface area (Å²) in [5.41, 5.74) is 0. The van der Waals surface area contributed by atoms with E-state index in [0.717, 1.165) is 6.42 Å². The molecule has 0 aromatic carbocycles. The van der Waals surface area contributed by atoms with E-state index in [0.29, 0.717) is 6.61 Å². The van der Waals surface area contributed by atoms with Crippen LogP contribution >= 0.6 is 0 Å². The Morgan fingerprint density at radius 3 is 1.67 bits per heavy atom. The van der Waals surface area contributed by atoms with E-state index in [1.807, 2.05) is 6.92 Å². The molecular formula is C17H32O. The van der Waals surface area contributed by atoms with Crippen molar-refractivity contribution in [2.75, 3.05) is 6.61 Å². The van der Waals surface area contributed by atoms with E-state index in [-0.39, 0.29) is 0 Å². The van der Waals surface area contributed by atoms with Crippen molar-refractivity contribution >= 4 is 0 Å². The van der Waals surface area contributed by atoms with Gasteiger partial charge in [0.1, 0.15) is 6.11 Å². The number of hydrogen-bond donors (Lipinski definition) is 0. The third-order valence-electron chi connectivity index (χ3n) is 3.19. The molecule has 0 aromatic rings. The van der Waals surface area contributed by atoms with Gasteiger partial charge in [-0.25, -0.2) is 0 Å². The van der Waals surface area contributed by atoms with Crippen molar-refractivity contribution in [3.8, 4) is 12.0 Å². The molecular weight excluding hydrogens is 220 g/mol. The van der Waals surface area contributed by atoms with Crippen LogP contribution in [0.15, 0.2) is 0 Å². The van der Waals surface area contributed by atoms with E-state index in [1.54, 1.807) is 0 Å². The van der Waals surface area contributed by atoms with Crippen molar-refractivity contribution in [2.45, 2.75) is 90.9 Å². The van der Waals surface area contributed by atoms with Crippen LogP contribution in [-0.4, -0.2) is 6.61 Å². The second-order valence-corrected chi connectivity index (χ2v) is 5.00. The van der Waals surface area contributed by atoms with Gasteiger partial charge in [0.05, 0.1) is 6.61 Å². The molecule has 0 aliphatic heterocycles. The van der Waals surface area contributed by atoms with E-state index >= 15 is 0 Å². The van der Waals surface area contributed by atoms with Gasteiger partial charge in [-0.3, -0.25) is 0 Å². The van der Waals surface area contributed by atoms with Gasteiger partial charge in [0.2, 0.25) is 0 Å². The second-order valence-electron chi connectivity index (χ2n) is 5.00. The summed E-state index contributed by atoms with van der Waals surface area (Å²) in [7, 11) is 0. The maximum Gasteiger partial charge on any atom is 0.110 e. The molecule has 1 nitrogen and oxygen atoms in total. The van der Waals surface area contributed by atoms with Gasteiger partial charge in [-0.2, -0.15) is 0 Å². The highest BCUT2D eigenvalue weighted by molar-refractivity contribution is 4.90. The van der Waals surface area contributed by atoms with Crippen LogP contribution in [0, 0.1) is 12.0 Å². The van der Waals surface area contributed by atoms with Crippen LogP contribution in [0.3, 0.4) is 0 Å². The van der Waals surface area contributed by atoms with Crippen LogP contribution in [0.25, 0.3) is 0 Å². The van der Waals surface area contributed by atoms with Crippen molar-refractivity contribution in [1.29, 1.82) is 0 Å². The van der Waals surface area contributed by atoms with Crippen molar-refractivity contribution in [1.82, 2.24) is 0 Å². The van der Waals surface area contributed by atoms with Crippen LogP contribution in [0.1, 0.15) is 90.9 Å². The quantitative estimate of drug-likeness (QED) is 0.320. The molecule has 18 heavy (non-hydrogen) atoms. The largest absolute Gasteiger partial charge is 0.447 e. The Labute approximate surface area is 115 Å². The van der Waals surface area contributed by atoms with Crippen LogP contribution in [0.4, 0.5) is 0 Å². The second kappa shape index (κ2) is 16.4. The van der Waals surface area contributed by atoms with E-state index in [1.165, 1.54) is 70.6 Å². The predicted octanol–water partition coefficient (Wildman–Crippen LogP) is 5.68. The van der Waals surface area contributed by atoms with Gasteiger partial charge in [0.25, 0.3) is 0 Å². The monoisotopic (exact) mass is 252 g/mol. The smallest absolute Gasteiger partial charge is 0.110 e. The molecule has 0 amide bonds. The lowest BCUT2D eigenvalue weighted by molar-refractivity contribution is 0.298. The van der Waals surface area contributed by atoms with Gasteiger partial charge in [0.15, 0.2) is 0 Å². The first-order valence-corrected chi connectivity index (χ1v) is 8.01. The predicted molar refractivity (Wildman–Crippen MR) is 80.5 cm³/mol. The standard InChI is InChI=1S/C17H32O/c1-3-5-6-7-8-9-10-11-12-13-14-15-16-17-18-4-2/h3-15H2,1-2H3. The summed E-state index contributed by atoms with van der Waals surface area (Å²) in [6, 6.07) is 0. The third kappa shape index (κ3) is 15.4. The van der Waals surface area contributed by atoms with Gasteiger partial charge >= 0.3 is 0 Å². The number of unbranched alkanes of at least 4 members (excludes halogenated alkanes) is 11. The lowest BCUT2D eigenvalue weighted by Gasteiger charge is -2.01. The van der Waals surface area contributed by atoms with Crippen LogP contribution < -0.4 is 0 Å². The summed E-state index contributed by atoms with van der Waals surface area (Å²) in [6.45, 7) is 4.95. The fourth-order valence-corrected chi connectivity index (χ4v) is 2.05. The van der Waals surface area contributed by atoms with Gasteiger partial charge in [-0.15, -0.1) is 0 Å². The van der Waals surface area contributed by atoms with Gasteiger partial charge < -0.3 is 4.74 Å². The number of hydrogen-bond acceptors (Lipinski definition) is 1. The molecule has 0 saturated carbocycles. The zero-order valence-corrected chi connectivity index (χ0v) is 12.6. The molecule has 0 heterocycles. The van der Waals surface area contributed by atoms with Crippen LogP contribution in [0.2, 0.25) is 0 Å². The Morgan fingerprint density at radius 2 is 1.17 bits per heavy atom. The van der Waals surface area contributed by atoms with Gasteiger partial charge in [-0.1, -0.05) is 77.1 Å². The van der Waals surface area contributed by atoms with E-state index < -0.39 is 0 Å². The average molecular weight is 252 g/mol. The maximum absolute atomic E-state index is 4.97. The molecule has 0 saturated heterocycles. The molecule has 0 rings (SSSR count). The van der Waals surface area contributed by atoms with Crippen molar-refractivity contribution in [3.63, 3.8) is 0 Å². The first-order chi connectivity index (χ1) is 8.91. The van der Waals surface area contributed by atoms with Crippen molar-refractivity contribution in [2.24, 2.45) is 0 Å². The summed E-state index contributed by atoms with van der Waals surface area (Å²) in [5, 5.41) is 0. The van der Waals surface area contributed by atoms with Crippen LogP contribution in [-0.2, 0) is 4.74 Å². The Balaban J connectivity index is 2.97. The van der Waals surface area contributed by atoms with E-state index in [4.69, 9.17) is 4.74 Å². The Bertz CT molecular complexity index is 199. The highest BCUT2D eigenvalue weighted by Crippen LogP contribution is 2.11. The molecule has 0 spiro atoms. The molecule has 0 N–H and O–H groups in total. The molecule has 106 valence electrons. The van der Waals surface area contributed by atoms with Gasteiger partial charge in [0, 0.05) is 6.42 Å². The number of ether oxygens (including phenoxy) is 1. The molecule has 0 fully saturated rings. The zero-order valence-electron chi connectivity index (χ0n) is 12.6. The number of rotatable bonds is 12. The summed E-state index contributed by atoms with van der Waals surface area (Å²) in [5.74, 6) is 3.04. The Hall–Kier alpha value is -0.640. The molecule has 0 aromatic heterocycles. The Kier molecular flexibility index (Phi) is 15.8. The summed E-state index contributed by atoms with van der Waals surface area (Å²) < 4.78 is 4.97. The lowest BCUT2D eigenvalue weighted by atomic mass is 10.1. The first-order valence-electron chi connectivity index (χ1n) is 8.01. The fraction of sp³-hybridized carbons (Fsp3) is 0.882. The first kappa shape index (κ1) is 17.4. The van der Waals surface area contributed by atoms with Gasteiger partial charge in [-0.05, 0) is 13.3 Å².